The van der Waals surface area contributed by atoms with Crippen molar-refractivity contribution in [3.63, 3.8) is 0 Å². The van der Waals surface area contributed by atoms with Gasteiger partial charge in [-0.25, -0.2) is 0 Å². The van der Waals surface area contributed by atoms with Gasteiger partial charge in [0.15, 0.2) is 0 Å². The molecular weight excluding hydrogens is 264 g/mol. The summed E-state index contributed by atoms with van der Waals surface area (Å²) in [7, 11) is 0. The van der Waals surface area contributed by atoms with Crippen LogP contribution in [0.2, 0.25) is 0 Å². The molecule has 1 aromatic rings. The van der Waals surface area contributed by atoms with Gasteiger partial charge in [0.25, 0.3) is 0 Å². The molecule has 1 aliphatic carbocycles. The molecule has 21 heavy (non-hydrogen) atoms. The maximum Gasteiger partial charge on any atom is 0.230 e. The molecule has 2 aliphatic heterocycles. The van der Waals surface area contributed by atoms with Crippen LogP contribution in [0.25, 0.3) is 0 Å². The predicted molar refractivity (Wildman–Crippen MR) is 79.9 cm³/mol. The van der Waals surface area contributed by atoms with Gasteiger partial charge in [-0.05, 0) is 37.3 Å². The van der Waals surface area contributed by atoms with E-state index < -0.39 is 0 Å². The average Bonchev–Trinajstić information content (AvgIpc) is 2.94. The van der Waals surface area contributed by atoms with Gasteiger partial charge in [-0.15, -0.1) is 0 Å². The molecule has 3 aliphatic rings. The van der Waals surface area contributed by atoms with Gasteiger partial charge in [0, 0.05) is 25.3 Å². The van der Waals surface area contributed by atoms with Crippen molar-refractivity contribution in [2.45, 2.75) is 25.7 Å². The molecule has 0 bridgehead atoms. The van der Waals surface area contributed by atoms with Crippen molar-refractivity contribution in [2.75, 3.05) is 24.5 Å². The second kappa shape index (κ2) is 4.86. The lowest BCUT2D eigenvalue weighted by atomic mass is 10.2. The molecule has 2 atom stereocenters. The van der Waals surface area contributed by atoms with Crippen molar-refractivity contribution in [1.29, 1.82) is 0 Å². The Balaban J connectivity index is 1.45. The Kier molecular flexibility index (Phi) is 2.98. The quantitative estimate of drug-likeness (QED) is 0.831. The summed E-state index contributed by atoms with van der Waals surface area (Å²) in [6.45, 7) is 2.52. The number of para-hydroxylation sites is 1. The Labute approximate surface area is 124 Å². The van der Waals surface area contributed by atoms with Gasteiger partial charge in [0.05, 0.1) is 11.8 Å². The molecular formula is C17H20N2O2. The summed E-state index contributed by atoms with van der Waals surface area (Å²) >= 11 is 0. The number of carbonyl (C=O) groups excluding carboxylic acids is 2. The molecule has 0 radical (unpaired) electrons. The zero-order valence-corrected chi connectivity index (χ0v) is 12.1. The highest BCUT2D eigenvalue weighted by Crippen LogP contribution is 2.43. The lowest BCUT2D eigenvalue weighted by Gasteiger charge is -2.18. The number of hydrogen-bond acceptors (Lipinski definition) is 2. The van der Waals surface area contributed by atoms with Gasteiger partial charge in [-0.2, -0.15) is 0 Å². The maximum atomic E-state index is 12.7. The van der Waals surface area contributed by atoms with E-state index in [0.29, 0.717) is 0 Å². The summed E-state index contributed by atoms with van der Waals surface area (Å²) in [6, 6.07) is 8.09. The van der Waals surface area contributed by atoms with Gasteiger partial charge in [-0.3, -0.25) is 9.59 Å². The van der Waals surface area contributed by atoms with E-state index in [9.17, 15) is 9.59 Å². The normalized spacial score (nSPS) is 26.9. The van der Waals surface area contributed by atoms with Crippen molar-refractivity contribution < 1.29 is 9.59 Å². The summed E-state index contributed by atoms with van der Waals surface area (Å²) < 4.78 is 0. The molecule has 0 spiro atoms. The first-order valence-electron chi connectivity index (χ1n) is 7.94. The van der Waals surface area contributed by atoms with Gasteiger partial charge >= 0.3 is 0 Å². The van der Waals surface area contributed by atoms with Crippen molar-refractivity contribution in [3.8, 4) is 0 Å². The van der Waals surface area contributed by atoms with E-state index in [-0.39, 0.29) is 23.7 Å². The molecule has 2 fully saturated rings. The Bertz CT molecular complexity index is 592. The first kappa shape index (κ1) is 12.9. The molecule has 2 heterocycles. The zero-order valence-electron chi connectivity index (χ0n) is 12.1. The molecule has 0 aromatic heterocycles. The van der Waals surface area contributed by atoms with Crippen LogP contribution in [0.3, 0.4) is 0 Å². The fourth-order valence-corrected chi connectivity index (χ4v) is 3.68. The average molecular weight is 284 g/mol. The third-order valence-electron chi connectivity index (χ3n) is 5.00. The van der Waals surface area contributed by atoms with E-state index in [2.05, 4.69) is 6.07 Å². The number of amides is 2. The minimum atomic E-state index is -0.0794. The second-order valence-corrected chi connectivity index (χ2v) is 6.35. The largest absolute Gasteiger partial charge is 0.342 e. The molecule has 2 unspecified atom stereocenters. The highest BCUT2D eigenvalue weighted by molar-refractivity contribution is 6.02. The molecule has 1 saturated carbocycles. The van der Waals surface area contributed by atoms with Crippen LogP contribution in [0, 0.1) is 11.8 Å². The molecule has 2 amide bonds. The Morgan fingerprint density at radius 1 is 0.952 bits per heavy atom. The summed E-state index contributed by atoms with van der Waals surface area (Å²) in [6.07, 6.45) is 3.89. The van der Waals surface area contributed by atoms with Crippen molar-refractivity contribution in [2.24, 2.45) is 11.8 Å². The Morgan fingerprint density at radius 3 is 2.48 bits per heavy atom. The predicted octanol–water partition coefficient (Wildman–Crippen LogP) is 1.83. The van der Waals surface area contributed by atoms with Gasteiger partial charge in [0.2, 0.25) is 11.8 Å². The van der Waals surface area contributed by atoms with Crippen LogP contribution in [0.1, 0.15) is 24.8 Å². The molecule has 4 nitrogen and oxygen atoms in total. The van der Waals surface area contributed by atoms with Crippen molar-refractivity contribution in [1.82, 2.24) is 4.90 Å². The molecule has 1 saturated heterocycles. The monoisotopic (exact) mass is 284 g/mol. The van der Waals surface area contributed by atoms with E-state index in [4.69, 9.17) is 0 Å². The molecule has 1 aromatic carbocycles. The van der Waals surface area contributed by atoms with Crippen LogP contribution in [0.4, 0.5) is 5.69 Å². The van der Waals surface area contributed by atoms with Gasteiger partial charge in [0.1, 0.15) is 0 Å². The second-order valence-electron chi connectivity index (χ2n) is 6.35. The number of nitrogens with zero attached hydrogens (tertiary/aromatic N) is 2. The third-order valence-corrected chi connectivity index (χ3v) is 5.00. The number of hydrogen-bond donors (Lipinski definition) is 0. The van der Waals surface area contributed by atoms with E-state index >= 15 is 0 Å². The summed E-state index contributed by atoms with van der Waals surface area (Å²) in [5.41, 5.74) is 2.29. The lowest BCUT2D eigenvalue weighted by Crippen LogP contribution is -2.34. The van der Waals surface area contributed by atoms with Gasteiger partial charge < -0.3 is 9.80 Å². The summed E-state index contributed by atoms with van der Waals surface area (Å²) in [5, 5.41) is 0. The van der Waals surface area contributed by atoms with E-state index in [1.54, 1.807) is 0 Å². The number of rotatable bonds is 2. The highest BCUT2D eigenvalue weighted by atomic mass is 16.2. The summed E-state index contributed by atoms with van der Waals surface area (Å²) in [4.78, 5) is 28.8. The molecule has 0 N–H and O–H groups in total. The first-order chi connectivity index (χ1) is 10.3. The lowest BCUT2D eigenvalue weighted by molar-refractivity contribution is -0.133. The fraction of sp³-hybridized carbons (Fsp3) is 0.529. The molecule has 4 rings (SSSR count). The standard InChI is InChI=1S/C17H20N2O2/c20-16(18-8-3-4-9-18)13-11-14(13)17(21)19-10-7-12-5-1-2-6-15(12)19/h1-2,5-6,13-14H,3-4,7-11H2. The van der Waals surface area contributed by atoms with Crippen LogP contribution in [0.15, 0.2) is 24.3 Å². The highest BCUT2D eigenvalue weighted by Gasteiger charge is 2.51. The van der Waals surface area contributed by atoms with Crippen LogP contribution >= 0.6 is 0 Å². The van der Waals surface area contributed by atoms with Crippen LogP contribution < -0.4 is 4.90 Å². The zero-order chi connectivity index (χ0) is 14.4. The Morgan fingerprint density at radius 2 is 1.67 bits per heavy atom. The Hall–Kier alpha value is -1.84. The molecule has 110 valence electrons. The summed E-state index contributed by atoms with van der Waals surface area (Å²) in [5.74, 6) is 0.225. The number of likely N-dealkylation sites (tertiary alicyclic amines) is 1. The van der Waals surface area contributed by atoms with Crippen LogP contribution in [-0.2, 0) is 16.0 Å². The van der Waals surface area contributed by atoms with Crippen LogP contribution in [0.5, 0.6) is 0 Å². The SMILES string of the molecule is O=C(C1CC1C(=O)N1CCc2ccccc21)N1CCCC1. The molecule has 4 heteroatoms. The third kappa shape index (κ3) is 2.13. The smallest absolute Gasteiger partial charge is 0.230 e. The van der Waals surface area contributed by atoms with Crippen molar-refractivity contribution >= 4 is 17.5 Å². The number of benzene rings is 1. The van der Waals surface area contributed by atoms with E-state index in [1.807, 2.05) is 28.0 Å². The van der Waals surface area contributed by atoms with Gasteiger partial charge in [-0.1, -0.05) is 18.2 Å². The topological polar surface area (TPSA) is 40.6 Å². The maximum absolute atomic E-state index is 12.7. The first-order valence-corrected chi connectivity index (χ1v) is 7.94. The van der Waals surface area contributed by atoms with Crippen LogP contribution in [-0.4, -0.2) is 36.3 Å². The fourth-order valence-electron chi connectivity index (χ4n) is 3.68. The number of anilines is 1. The van der Waals surface area contributed by atoms with E-state index in [1.165, 1.54) is 5.56 Å². The van der Waals surface area contributed by atoms with Crippen molar-refractivity contribution in [3.05, 3.63) is 29.8 Å². The number of fused-ring (bicyclic) bond motifs is 1. The minimum absolute atomic E-state index is 0.0524. The number of carbonyl (C=O) groups is 2. The minimum Gasteiger partial charge on any atom is -0.342 e. The van der Waals surface area contributed by atoms with E-state index in [0.717, 1.165) is 51.0 Å².